The van der Waals surface area contributed by atoms with Gasteiger partial charge in [-0.1, -0.05) is 84.4 Å². The minimum Gasteiger partial charge on any atom is -0.285 e. The monoisotopic (exact) mass is 319 g/mol. The van der Waals surface area contributed by atoms with Gasteiger partial charge in [0.25, 0.3) is 0 Å². The largest absolute Gasteiger partial charge is 0.285 e. The van der Waals surface area contributed by atoms with Crippen molar-refractivity contribution in [3.63, 3.8) is 0 Å². The van der Waals surface area contributed by atoms with E-state index in [4.69, 9.17) is 16.6 Å². The molecule has 0 N–H and O–H groups in total. The molecule has 0 bridgehead atoms. The van der Waals surface area contributed by atoms with Crippen LogP contribution in [0.3, 0.4) is 0 Å². The summed E-state index contributed by atoms with van der Waals surface area (Å²) in [5.74, 6) is 0. The van der Waals surface area contributed by atoms with Crippen molar-refractivity contribution in [2.24, 2.45) is 4.99 Å². The summed E-state index contributed by atoms with van der Waals surface area (Å²) in [6.45, 7) is 2.06. The molecule has 0 aliphatic rings. The Hall–Kier alpha value is -2.38. The van der Waals surface area contributed by atoms with Gasteiger partial charge in [0, 0.05) is 16.8 Å². The van der Waals surface area contributed by atoms with Crippen LogP contribution in [0.15, 0.2) is 83.9 Å². The lowest BCUT2D eigenvalue weighted by atomic mass is 10.0. The van der Waals surface area contributed by atoms with Crippen LogP contribution in [0.1, 0.15) is 24.1 Å². The third-order valence-electron chi connectivity index (χ3n) is 3.84. The molecule has 23 heavy (non-hydrogen) atoms. The van der Waals surface area contributed by atoms with Crippen molar-refractivity contribution in [3.8, 4) is 11.1 Å². The minimum atomic E-state index is 0.0209. The van der Waals surface area contributed by atoms with Crippen LogP contribution in [0.2, 0.25) is 5.02 Å². The summed E-state index contributed by atoms with van der Waals surface area (Å²) < 4.78 is 0. The summed E-state index contributed by atoms with van der Waals surface area (Å²) in [7, 11) is 0. The SMILES string of the molecule is CC(N=Cc1ccccc1-c1ccccc1)c1ccccc1Cl. The Kier molecular flexibility index (Phi) is 4.89. The lowest BCUT2D eigenvalue weighted by Gasteiger charge is -2.10. The highest BCUT2D eigenvalue weighted by Crippen LogP contribution is 2.26. The number of hydrogen-bond donors (Lipinski definition) is 0. The topological polar surface area (TPSA) is 12.4 Å². The van der Waals surface area contributed by atoms with Crippen molar-refractivity contribution in [2.45, 2.75) is 13.0 Å². The fourth-order valence-electron chi connectivity index (χ4n) is 2.58. The molecule has 0 aliphatic heterocycles. The maximum atomic E-state index is 6.25. The third-order valence-corrected chi connectivity index (χ3v) is 4.18. The van der Waals surface area contributed by atoms with Gasteiger partial charge < -0.3 is 0 Å². The quantitative estimate of drug-likeness (QED) is 0.509. The van der Waals surface area contributed by atoms with Crippen molar-refractivity contribution in [2.75, 3.05) is 0 Å². The maximum Gasteiger partial charge on any atom is 0.0735 e. The molecular formula is C21H18ClN. The molecule has 1 nitrogen and oxygen atoms in total. The van der Waals surface area contributed by atoms with Crippen molar-refractivity contribution >= 4 is 17.8 Å². The first-order chi connectivity index (χ1) is 11.3. The second-order valence-corrected chi connectivity index (χ2v) is 5.84. The normalized spacial score (nSPS) is 12.4. The zero-order valence-electron chi connectivity index (χ0n) is 13.0. The van der Waals surface area contributed by atoms with Crippen molar-refractivity contribution in [3.05, 3.63) is 95.0 Å². The highest BCUT2D eigenvalue weighted by molar-refractivity contribution is 6.31. The lowest BCUT2D eigenvalue weighted by molar-refractivity contribution is 0.825. The Morgan fingerprint density at radius 3 is 2.26 bits per heavy atom. The Morgan fingerprint density at radius 2 is 1.48 bits per heavy atom. The average Bonchev–Trinajstić information content (AvgIpc) is 2.61. The molecule has 0 radical (unpaired) electrons. The Labute approximate surface area is 142 Å². The van der Waals surface area contributed by atoms with E-state index in [9.17, 15) is 0 Å². The van der Waals surface area contributed by atoms with E-state index in [0.717, 1.165) is 16.1 Å². The predicted molar refractivity (Wildman–Crippen MR) is 99.3 cm³/mol. The first-order valence-corrected chi connectivity index (χ1v) is 8.05. The summed E-state index contributed by atoms with van der Waals surface area (Å²) >= 11 is 6.25. The van der Waals surface area contributed by atoms with Crippen LogP contribution in [-0.4, -0.2) is 6.21 Å². The zero-order chi connectivity index (χ0) is 16.1. The number of aliphatic imine (C=N–C) groups is 1. The van der Waals surface area contributed by atoms with E-state index in [0.29, 0.717) is 0 Å². The fourth-order valence-corrected chi connectivity index (χ4v) is 2.87. The molecule has 1 atom stereocenters. The van der Waals surface area contributed by atoms with Crippen LogP contribution in [0.4, 0.5) is 0 Å². The summed E-state index contributed by atoms with van der Waals surface area (Å²) in [6.07, 6.45) is 1.94. The molecule has 2 heteroatoms. The van der Waals surface area contributed by atoms with Crippen molar-refractivity contribution in [1.82, 2.24) is 0 Å². The van der Waals surface area contributed by atoms with Crippen LogP contribution in [0.5, 0.6) is 0 Å². The first-order valence-electron chi connectivity index (χ1n) is 7.68. The van der Waals surface area contributed by atoms with Crippen molar-refractivity contribution in [1.29, 1.82) is 0 Å². The van der Waals surface area contributed by atoms with Crippen LogP contribution < -0.4 is 0 Å². The molecule has 0 amide bonds. The molecule has 0 fully saturated rings. The summed E-state index contributed by atoms with van der Waals surface area (Å²) in [5, 5.41) is 0.758. The molecule has 0 saturated heterocycles. The van der Waals surface area contributed by atoms with E-state index in [-0.39, 0.29) is 6.04 Å². The molecule has 3 aromatic carbocycles. The summed E-state index contributed by atoms with van der Waals surface area (Å²) in [4.78, 5) is 4.70. The third kappa shape index (κ3) is 3.69. The Morgan fingerprint density at radius 1 is 0.826 bits per heavy atom. The molecule has 0 spiro atoms. The molecular weight excluding hydrogens is 302 g/mol. The lowest BCUT2D eigenvalue weighted by Crippen LogP contribution is -1.94. The van der Waals surface area contributed by atoms with Gasteiger partial charge in [0.1, 0.15) is 0 Å². The number of hydrogen-bond acceptors (Lipinski definition) is 1. The number of halogens is 1. The molecule has 1 unspecified atom stereocenters. The molecule has 114 valence electrons. The van der Waals surface area contributed by atoms with Gasteiger partial charge in [-0.3, -0.25) is 4.99 Å². The van der Waals surface area contributed by atoms with Gasteiger partial charge in [-0.25, -0.2) is 0 Å². The van der Waals surface area contributed by atoms with E-state index in [1.54, 1.807) is 0 Å². The van der Waals surface area contributed by atoms with E-state index in [1.807, 2.05) is 42.6 Å². The molecule has 0 heterocycles. The average molecular weight is 320 g/mol. The van der Waals surface area contributed by atoms with Crippen LogP contribution >= 0.6 is 11.6 Å². The fraction of sp³-hybridized carbons (Fsp3) is 0.0952. The van der Waals surface area contributed by atoms with Gasteiger partial charge in [-0.05, 0) is 29.7 Å². The predicted octanol–water partition coefficient (Wildman–Crippen LogP) is 6.19. The molecule has 3 aromatic rings. The van der Waals surface area contributed by atoms with E-state index in [1.165, 1.54) is 11.1 Å². The van der Waals surface area contributed by atoms with E-state index in [2.05, 4.69) is 49.4 Å². The second kappa shape index (κ2) is 7.26. The minimum absolute atomic E-state index is 0.0209. The summed E-state index contributed by atoms with van der Waals surface area (Å²) in [6, 6.07) is 26.5. The summed E-state index contributed by atoms with van der Waals surface area (Å²) in [5.41, 5.74) is 4.53. The maximum absolute atomic E-state index is 6.25. The van der Waals surface area contributed by atoms with E-state index < -0.39 is 0 Å². The number of rotatable bonds is 4. The van der Waals surface area contributed by atoms with Gasteiger partial charge >= 0.3 is 0 Å². The second-order valence-electron chi connectivity index (χ2n) is 5.43. The van der Waals surface area contributed by atoms with Crippen molar-refractivity contribution < 1.29 is 0 Å². The Balaban J connectivity index is 1.90. The number of benzene rings is 3. The highest BCUT2D eigenvalue weighted by Gasteiger charge is 2.07. The van der Waals surface area contributed by atoms with Gasteiger partial charge in [-0.15, -0.1) is 0 Å². The molecule has 0 aliphatic carbocycles. The van der Waals surface area contributed by atoms with Gasteiger partial charge in [-0.2, -0.15) is 0 Å². The van der Waals surface area contributed by atoms with Gasteiger partial charge in [0.15, 0.2) is 0 Å². The highest BCUT2D eigenvalue weighted by atomic mass is 35.5. The van der Waals surface area contributed by atoms with Crippen LogP contribution in [-0.2, 0) is 0 Å². The smallest absolute Gasteiger partial charge is 0.0735 e. The standard InChI is InChI=1S/C21H18ClN/c1-16(19-12-7-8-14-21(19)22)23-15-18-11-5-6-13-20(18)17-9-3-2-4-10-17/h2-16H,1H3. The first kappa shape index (κ1) is 15.5. The molecule has 0 aromatic heterocycles. The van der Waals surface area contributed by atoms with Crippen LogP contribution in [0, 0.1) is 0 Å². The van der Waals surface area contributed by atoms with E-state index >= 15 is 0 Å². The van der Waals surface area contributed by atoms with Gasteiger partial charge in [0.05, 0.1) is 6.04 Å². The molecule has 0 saturated carbocycles. The van der Waals surface area contributed by atoms with Gasteiger partial charge in [0.2, 0.25) is 0 Å². The zero-order valence-corrected chi connectivity index (χ0v) is 13.7. The number of nitrogens with zero attached hydrogens (tertiary/aromatic N) is 1. The Bertz CT molecular complexity index is 809. The van der Waals surface area contributed by atoms with Crippen LogP contribution in [0.25, 0.3) is 11.1 Å². The molecule has 3 rings (SSSR count).